The van der Waals surface area contributed by atoms with Gasteiger partial charge in [0.15, 0.2) is 0 Å². The van der Waals surface area contributed by atoms with Gasteiger partial charge in [-0.1, -0.05) is 30.2 Å². The molecule has 1 aliphatic rings. The van der Waals surface area contributed by atoms with Crippen molar-refractivity contribution < 1.29 is 9.90 Å². The number of hydrogen-bond donors (Lipinski definition) is 2. The van der Waals surface area contributed by atoms with E-state index in [4.69, 9.17) is 5.11 Å². The fraction of sp³-hybridized carbons (Fsp3) is 0.500. The predicted octanol–water partition coefficient (Wildman–Crippen LogP) is 1.95. The van der Waals surface area contributed by atoms with Gasteiger partial charge < -0.3 is 10.4 Å². The Balaban J connectivity index is 2.83. The van der Waals surface area contributed by atoms with Crippen molar-refractivity contribution in [3.63, 3.8) is 0 Å². The molecule has 0 spiro atoms. The van der Waals surface area contributed by atoms with Crippen molar-refractivity contribution in [2.45, 2.75) is 27.2 Å². The molecule has 0 saturated heterocycles. The molecule has 1 aliphatic carbocycles. The summed E-state index contributed by atoms with van der Waals surface area (Å²) in [5.41, 5.74) is 3.27. The van der Waals surface area contributed by atoms with Gasteiger partial charge in [-0.15, -0.1) is 0 Å². The number of nitrogens with one attached hydrogen (secondary N) is 1. The second-order valence-corrected chi connectivity index (χ2v) is 4.48. The van der Waals surface area contributed by atoms with Gasteiger partial charge in [-0.25, -0.2) is 0 Å². The maximum absolute atomic E-state index is 11.8. The summed E-state index contributed by atoms with van der Waals surface area (Å²) in [5, 5.41) is 11.3. The van der Waals surface area contributed by atoms with E-state index in [1.807, 2.05) is 18.2 Å². The van der Waals surface area contributed by atoms with Crippen molar-refractivity contribution in [1.82, 2.24) is 5.32 Å². The molecule has 0 aromatic rings. The number of carbonyl (C=O) groups is 1. The fourth-order valence-electron chi connectivity index (χ4n) is 1.72. The van der Waals surface area contributed by atoms with Crippen molar-refractivity contribution >= 4 is 5.91 Å². The van der Waals surface area contributed by atoms with Gasteiger partial charge in [-0.3, -0.25) is 4.79 Å². The Morgan fingerprint density at radius 2 is 2.18 bits per heavy atom. The normalized spacial score (nSPS) is 29.9. The minimum atomic E-state index is -0.116. The van der Waals surface area contributed by atoms with Crippen LogP contribution in [0.5, 0.6) is 0 Å². The average molecular weight is 235 g/mol. The van der Waals surface area contributed by atoms with Crippen LogP contribution in [-0.2, 0) is 4.79 Å². The maximum atomic E-state index is 11.8. The van der Waals surface area contributed by atoms with E-state index in [-0.39, 0.29) is 12.5 Å². The van der Waals surface area contributed by atoms with Gasteiger partial charge in [-0.05, 0) is 32.3 Å². The topological polar surface area (TPSA) is 49.3 Å². The first-order valence-corrected chi connectivity index (χ1v) is 6.01. The molecular formula is C14H21NO2. The summed E-state index contributed by atoms with van der Waals surface area (Å²) in [6.07, 6.45) is 6.66. The van der Waals surface area contributed by atoms with Gasteiger partial charge in [-0.2, -0.15) is 0 Å². The zero-order valence-corrected chi connectivity index (χ0v) is 10.8. The van der Waals surface area contributed by atoms with Crippen LogP contribution in [0.2, 0.25) is 0 Å². The van der Waals surface area contributed by atoms with E-state index >= 15 is 0 Å². The Bertz CT molecular complexity index is 378. The average Bonchev–Trinajstić information content (AvgIpc) is 2.33. The second-order valence-electron chi connectivity index (χ2n) is 4.48. The third kappa shape index (κ3) is 3.86. The Morgan fingerprint density at radius 3 is 2.82 bits per heavy atom. The molecule has 1 atom stereocenters. The molecule has 0 aromatic heterocycles. The third-order valence-corrected chi connectivity index (χ3v) is 3.22. The monoisotopic (exact) mass is 235 g/mol. The standard InChI is InChI=1S/C14H21NO2/c1-10-4-6-13(14(17)15-8-9-16)7-5-11(2)12(10)3/h4,6-7,11,16H,5,8-9H2,1-3H3,(H,15,17)/b6-4-,12-10-,13-7-. The number of aliphatic hydroxyl groups excluding tert-OH is 1. The van der Waals surface area contributed by atoms with E-state index in [2.05, 4.69) is 26.1 Å². The summed E-state index contributed by atoms with van der Waals surface area (Å²) >= 11 is 0. The predicted molar refractivity (Wildman–Crippen MR) is 69.5 cm³/mol. The zero-order chi connectivity index (χ0) is 12.8. The first kappa shape index (κ1) is 13.7. The lowest BCUT2D eigenvalue weighted by molar-refractivity contribution is -0.117. The molecule has 1 unspecified atom stereocenters. The summed E-state index contributed by atoms with van der Waals surface area (Å²) in [4.78, 5) is 11.8. The van der Waals surface area contributed by atoms with Gasteiger partial charge in [0.25, 0.3) is 5.91 Å². The van der Waals surface area contributed by atoms with Gasteiger partial charge in [0.2, 0.25) is 0 Å². The molecule has 94 valence electrons. The third-order valence-electron chi connectivity index (χ3n) is 3.22. The van der Waals surface area contributed by atoms with E-state index in [1.165, 1.54) is 11.1 Å². The number of allylic oxidation sites excluding steroid dienone is 4. The lowest BCUT2D eigenvalue weighted by Gasteiger charge is -2.15. The van der Waals surface area contributed by atoms with Crippen molar-refractivity contribution in [3.8, 4) is 0 Å². The number of amides is 1. The number of aliphatic hydroxyl groups is 1. The number of hydrogen-bond acceptors (Lipinski definition) is 2. The van der Waals surface area contributed by atoms with Crippen LogP contribution in [0.3, 0.4) is 0 Å². The van der Waals surface area contributed by atoms with Crippen LogP contribution in [0.15, 0.2) is 34.9 Å². The van der Waals surface area contributed by atoms with E-state index in [1.54, 1.807) is 0 Å². The summed E-state index contributed by atoms with van der Waals surface area (Å²) in [6, 6.07) is 0. The molecule has 17 heavy (non-hydrogen) atoms. The van der Waals surface area contributed by atoms with Gasteiger partial charge in [0.05, 0.1) is 6.61 Å². The molecule has 0 aromatic carbocycles. The van der Waals surface area contributed by atoms with Gasteiger partial charge in [0, 0.05) is 12.1 Å². The molecule has 0 heterocycles. The fourth-order valence-corrected chi connectivity index (χ4v) is 1.72. The Kier molecular flexibility index (Phi) is 5.16. The largest absolute Gasteiger partial charge is 0.395 e. The van der Waals surface area contributed by atoms with Crippen LogP contribution < -0.4 is 5.32 Å². The molecule has 0 aliphatic heterocycles. The molecule has 0 bridgehead atoms. The molecule has 3 heteroatoms. The Morgan fingerprint density at radius 1 is 1.47 bits per heavy atom. The van der Waals surface area contributed by atoms with E-state index in [0.717, 1.165) is 6.42 Å². The highest BCUT2D eigenvalue weighted by Crippen LogP contribution is 2.22. The molecule has 0 radical (unpaired) electrons. The van der Waals surface area contributed by atoms with Crippen molar-refractivity contribution in [2.75, 3.05) is 13.2 Å². The summed E-state index contributed by atoms with van der Waals surface area (Å²) in [5.74, 6) is 0.343. The molecule has 1 rings (SSSR count). The minimum absolute atomic E-state index is 0.0306. The van der Waals surface area contributed by atoms with E-state index in [0.29, 0.717) is 18.0 Å². The van der Waals surface area contributed by atoms with Crippen LogP contribution in [0.1, 0.15) is 27.2 Å². The molecule has 2 N–H and O–H groups in total. The molecule has 0 fully saturated rings. The van der Waals surface area contributed by atoms with Gasteiger partial charge >= 0.3 is 0 Å². The second kappa shape index (κ2) is 6.40. The first-order valence-electron chi connectivity index (χ1n) is 6.01. The lowest BCUT2D eigenvalue weighted by atomic mass is 9.91. The zero-order valence-electron chi connectivity index (χ0n) is 10.8. The van der Waals surface area contributed by atoms with E-state index < -0.39 is 0 Å². The SMILES string of the molecule is CC1=C(\C)C(C)C/C=C(C(=O)NCCO)/C=C\1. The van der Waals surface area contributed by atoms with Crippen LogP contribution in [0.25, 0.3) is 0 Å². The molecule has 0 saturated carbocycles. The molecule has 3 nitrogen and oxygen atoms in total. The van der Waals surface area contributed by atoms with Crippen molar-refractivity contribution in [1.29, 1.82) is 0 Å². The molecular weight excluding hydrogens is 214 g/mol. The smallest absolute Gasteiger partial charge is 0.251 e. The highest BCUT2D eigenvalue weighted by molar-refractivity contribution is 5.96. The summed E-state index contributed by atoms with van der Waals surface area (Å²) in [6.45, 7) is 6.63. The van der Waals surface area contributed by atoms with Crippen molar-refractivity contribution in [3.05, 3.63) is 34.9 Å². The lowest BCUT2D eigenvalue weighted by Crippen LogP contribution is -2.27. The highest BCUT2D eigenvalue weighted by Gasteiger charge is 2.11. The Labute approximate surface area is 103 Å². The quantitative estimate of drug-likeness (QED) is 0.785. The van der Waals surface area contributed by atoms with E-state index in [9.17, 15) is 4.79 Å². The highest BCUT2D eigenvalue weighted by atomic mass is 16.3. The first-order chi connectivity index (χ1) is 8.06. The van der Waals surface area contributed by atoms with Crippen LogP contribution in [0, 0.1) is 5.92 Å². The number of carbonyl (C=O) groups excluding carboxylic acids is 1. The van der Waals surface area contributed by atoms with Crippen LogP contribution >= 0.6 is 0 Å². The van der Waals surface area contributed by atoms with Crippen LogP contribution in [-0.4, -0.2) is 24.2 Å². The summed E-state index contributed by atoms with van der Waals surface area (Å²) in [7, 11) is 0. The number of rotatable bonds is 3. The Hall–Kier alpha value is -1.35. The minimum Gasteiger partial charge on any atom is -0.395 e. The van der Waals surface area contributed by atoms with Crippen LogP contribution in [0.4, 0.5) is 0 Å². The maximum Gasteiger partial charge on any atom is 0.251 e. The molecule has 1 amide bonds. The summed E-state index contributed by atoms with van der Waals surface area (Å²) < 4.78 is 0. The van der Waals surface area contributed by atoms with Crippen molar-refractivity contribution in [2.24, 2.45) is 5.92 Å². The van der Waals surface area contributed by atoms with Gasteiger partial charge in [0.1, 0.15) is 0 Å².